The van der Waals surface area contributed by atoms with E-state index in [1.165, 1.54) is 5.39 Å². The molecule has 0 saturated carbocycles. The number of benzene rings is 2. The molecular weight excluding hydrogens is 402 g/mol. The first kappa shape index (κ1) is 20.6. The van der Waals surface area contributed by atoms with E-state index < -0.39 is 0 Å². The van der Waals surface area contributed by atoms with E-state index in [0.29, 0.717) is 25.9 Å². The van der Waals surface area contributed by atoms with Gasteiger partial charge in [-0.15, -0.1) is 0 Å². The summed E-state index contributed by atoms with van der Waals surface area (Å²) in [7, 11) is 0. The van der Waals surface area contributed by atoms with Crippen LogP contribution in [0.2, 0.25) is 0 Å². The zero-order chi connectivity index (χ0) is 22.1. The van der Waals surface area contributed by atoms with Gasteiger partial charge in [0.1, 0.15) is 11.4 Å². The van der Waals surface area contributed by atoms with Crippen molar-refractivity contribution in [3.63, 3.8) is 0 Å². The number of likely N-dealkylation sites (tertiary alicyclic amines) is 1. The summed E-state index contributed by atoms with van der Waals surface area (Å²) in [5, 5.41) is 4.46. The number of amides is 2. The third kappa shape index (κ3) is 3.97. The number of piperidine rings is 1. The van der Waals surface area contributed by atoms with Crippen LogP contribution >= 0.6 is 0 Å². The molecule has 6 nitrogen and oxygen atoms in total. The summed E-state index contributed by atoms with van der Waals surface area (Å²) in [6.45, 7) is 3.00. The van der Waals surface area contributed by atoms with Gasteiger partial charge in [0.25, 0.3) is 0 Å². The van der Waals surface area contributed by atoms with Gasteiger partial charge >= 0.3 is 0 Å². The predicted octanol–water partition coefficient (Wildman–Crippen LogP) is 4.12. The van der Waals surface area contributed by atoms with Crippen molar-refractivity contribution in [3.05, 3.63) is 65.9 Å². The zero-order valence-electron chi connectivity index (χ0n) is 18.4. The van der Waals surface area contributed by atoms with Crippen molar-refractivity contribution >= 4 is 22.7 Å². The van der Waals surface area contributed by atoms with Crippen molar-refractivity contribution in [3.8, 4) is 5.75 Å². The van der Waals surface area contributed by atoms with E-state index in [0.717, 1.165) is 41.7 Å². The molecule has 3 heterocycles. The number of hydrogen-bond donors (Lipinski definition) is 2. The molecule has 166 valence electrons. The number of nitrogens with zero attached hydrogens (tertiary/aromatic N) is 1. The molecule has 6 heteroatoms. The summed E-state index contributed by atoms with van der Waals surface area (Å²) in [4.78, 5) is 29.9. The van der Waals surface area contributed by atoms with Crippen molar-refractivity contribution < 1.29 is 14.3 Å². The summed E-state index contributed by atoms with van der Waals surface area (Å²) in [5.41, 5.74) is 2.96. The molecule has 5 rings (SSSR count). The van der Waals surface area contributed by atoms with Crippen LogP contribution in [-0.4, -0.2) is 40.4 Å². The van der Waals surface area contributed by atoms with Crippen LogP contribution in [0.25, 0.3) is 10.9 Å². The monoisotopic (exact) mass is 431 g/mol. The fourth-order valence-corrected chi connectivity index (χ4v) is 5.14. The van der Waals surface area contributed by atoms with Crippen LogP contribution in [-0.2, 0) is 16.0 Å². The molecule has 1 spiro atoms. The second-order valence-corrected chi connectivity index (χ2v) is 9.01. The van der Waals surface area contributed by atoms with Crippen LogP contribution in [0.4, 0.5) is 0 Å². The maximum absolute atomic E-state index is 12.9. The number of fused-ring (bicyclic) bond motifs is 2. The number of carbonyl (C=O) groups excluding carboxylic acids is 2. The average molecular weight is 432 g/mol. The Labute approximate surface area is 187 Å². The number of aryl methyl sites for hydroxylation is 1. The molecule has 0 bridgehead atoms. The number of hydrogen-bond acceptors (Lipinski definition) is 3. The maximum atomic E-state index is 12.9. The van der Waals surface area contributed by atoms with Crippen LogP contribution in [0, 0.1) is 0 Å². The van der Waals surface area contributed by atoms with E-state index in [2.05, 4.69) is 22.4 Å². The predicted molar refractivity (Wildman–Crippen MR) is 123 cm³/mol. The Morgan fingerprint density at radius 2 is 1.88 bits per heavy atom. The first-order valence-corrected chi connectivity index (χ1v) is 11.4. The van der Waals surface area contributed by atoms with Gasteiger partial charge in [0.05, 0.1) is 6.04 Å². The number of H-pyrrole nitrogens is 1. The summed E-state index contributed by atoms with van der Waals surface area (Å²) in [6.07, 6.45) is 5.42. The van der Waals surface area contributed by atoms with E-state index in [1.807, 2.05) is 47.5 Å². The molecule has 1 aromatic heterocycles. The van der Waals surface area contributed by atoms with E-state index in [9.17, 15) is 9.59 Å². The van der Waals surface area contributed by atoms with Gasteiger partial charge in [-0.05, 0) is 24.1 Å². The summed E-state index contributed by atoms with van der Waals surface area (Å²) < 4.78 is 6.47. The number of aromatic amines is 1. The van der Waals surface area contributed by atoms with Crippen molar-refractivity contribution in [1.82, 2.24) is 15.2 Å². The van der Waals surface area contributed by atoms with E-state index in [4.69, 9.17) is 4.74 Å². The van der Waals surface area contributed by atoms with Crippen molar-refractivity contribution in [2.24, 2.45) is 0 Å². The molecule has 2 amide bonds. The van der Waals surface area contributed by atoms with E-state index in [-0.39, 0.29) is 23.5 Å². The van der Waals surface area contributed by atoms with Gasteiger partial charge < -0.3 is 19.9 Å². The highest BCUT2D eigenvalue weighted by Gasteiger charge is 2.44. The van der Waals surface area contributed by atoms with Gasteiger partial charge in [-0.3, -0.25) is 9.59 Å². The molecule has 1 fully saturated rings. The normalized spacial score (nSPS) is 19.4. The lowest BCUT2D eigenvalue weighted by Gasteiger charge is -2.46. The van der Waals surface area contributed by atoms with Crippen LogP contribution in [0.3, 0.4) is 0 Å². The Morgan fingerprint density at radius 3 is 2.69 bits per heavy atom. The SMILES string of the molecule is CC(=O)N1CCC2(CC1)C[C@@H](NC(=O)CCc1c[nH]c3ccccc13)c1ccccc1O2. The highest BCUT2D eigenvalue weighted by Crippen LogP contribution is 2.44. The first-order chi connectivity index (χ1) is 15.5. The van der Waals surface area contributed by atoms with Crippen LogP contribution in [0.1, 0.15) is 49.8 Å². The largest absolute Gasteiger partial charge is 0.487 e. The molecule has 0 aliphatic carbocycles. The lowest BCUT2D eigenvalue weighted by Crippen LogP contribution is -2.53. The summed E-state index contributed by atoms with van der Waals surface area (Å²) >= 11 is 0. The number of ether oxygens (including phenoxy) is 1. The number of carbonyl (C=O) groups is 2. The van der Waals surface area contributed by atoms with Gasteiger partial charge in [-0.2, -0.15) is 0 Å². The van der Waals surface area contributed by atoms with E-state index >= 15 is 0 Å². The Morgan fingerprint density at radius 1 is 1.12 bits per heavy atom. The van der Waals surface area contributed by atoms with E-state index in [1.54, 1.807) is 6.92 Å². The smallest absolute Gasteiger partial charge is 0.220 e. The zero-order valence-corrected chi connectivity index (χ0v) is 18.4. The summed E-state index contributed by atoms with van der Waals surface area (Å²) in [6, 6.07) is 16.1. The number of nitrogens with one attached hydrogen (secondary N) is 2. The standard InChI is InChI=1S/C26H29N3O3/c1-18(30)29-14-12-26(13-15-29)16-23(21-7-3-5-9-24(21)32-26)28-25(31)11-10-19-17-27-22-8-4-2-6-20(19)22/h2-9,17,23,27H,10-16H2,1H3,(H,28,31)/t23-/m1/s1. The minimum atomic E-state index is -0.338. The highest BCUT2D eigenvalue weighted by atomic mass is 16.5. The second kappa shape index (κ2) is 8.34. The molecular formula is C26H29N3O3. The molecule has 1 atom stereocenters. The van der Waals surface area contributed by atoms with Gasteiger partial charge in [0.2, 0.25) is 11.8 Å². The number of para-hydroxylation sites is 2. The minimum Gasteiger partial charge on any atom is -0.487 e. The molecule has 2 aromatic carbocycles. The highest BCUT2D eigenvalue weighted by molar-refractivity contribution is 5.84. The van der Waals surface area contributed by atoms with Crippen LogP contribution in [0.15, 0.2) is 54.7 Å². The molecule has 2 N–H and O–H groups in total. The Hall–Kier alpha value is -3.28. The van der Waals surface area contributed by atoms with Gasteiger partial charge in [-0.25, -0.2) is 0 Å². The second-order valence-electron chi connectivity index (χ2n) is 9.01. The Bertz CT molecular complexity index is 1140. The molecule has 2 aliphatic rings. The quantitative estimate of drug-likeness (QED) is 0.653. The third-order valence-electron chi connectivity index (χ3n) is 6.95. The van der Waals surface area contributed by atoms with Gasteiger partial charge in [-0.1, -0.05) is 36.4 Å². The average Bonchev–Trinajstić information content (AvgIpc) is 3.21. The fraction of sp³-hybridized carbons (Fsp3) is 0.385. The Kier molecular flexibility index (Phi) is 5.37. The Balaban J connectivity index is 1.28. The molecule has 32 heavy (non-hydrogen) atoms. The molecule has 0 radical (unpaired) electrons. The first-order valence-electron chi connectivity index (χ1n) is 11.4. The number of rotatable bonds is 4. The topological polar surface area (TPSA) is 74.4 Å². The van der Waals surface area contributed by atoms with Crippen molar-refractivity contribution in [2.75, 3.05) is 13.1 Å². The molecule has 1 saturated heterocycles. The lowest BCUT2D eigenvalue weighted by atomic mass is 9.80. The third-order valence-corrected chi connectivity index (χ3v) is 6.95. The number of aromatic nitrogens is 1. The van der Waals surface area contributed by atoms with Crippen LogP contribution < -0.4 is 10.1 Å². The van der Waals surface area contributed by atoms with Crippen molar-refractivity contribution in [2.45, 2.75) is 50.7 Å². The lowest BCUT2D eigenvalue weighted by molar-refractivity contribution is -0.133. The van der Waals surface area contributed by atoms with Crippen LogP contribution in [0.5, 0.6) is 5.75 Å². The van der Waals surface area contributed by atoms with Gasteiger partial charge in [0, 0.05) is 68.4 Å². The maximum Gasteiger partial charge on any atom is 0.220 e. The molecule has 0 unspecified atom stereocenters. The molecule has 2 aliphatic heterocycles. The van der Waals surface area contributed by atoms with Gasteiger partial charge in [0.15, 0.2) is 0 Å². The summed E-state index contributed by atoms with van der Waals surface area (Å²) in [5.74, 6) is 1.00. The fourth-order valence-electron chi connectivity index (χ4n) is 5.14. The van der Waals surface area contributed by atoms with Crippen molar-refractivity contribution in [1.29, 1.82) is 0 Å². The minimum absolute atomic E-state index is 0.0494. The molecule has 3 aromatic rings.